The Bertz CT molecular complexity index is 215. The Labute approximate surface area is 101 Å². The van der Waals surface area contributed by atoms with E-state index in [0.717, 1.165) is 30.1 Å². The Balaban J connectivity index is 1.99. The molecule has 0 aromatic carbocycles. The molecule has 2 rings (SSSR count). The van der Waals surface area contributed by atoms with Crippen molar-refractivity contribution in [2.45, 2.75) is 77.5 Å². The Kier molecular flexibility index (Phi) is 3.91. The van der Waals surface area contributed by atoms with Gasteiger partial charge in [0.1, 0.15) is 0 Å². The van der Waals surface area contributed by atoms with Gasteiger partial charge in [0.15, 0.2) is 0 Å². The predicted molar refractivity (Wildman–Crippen MR) is 69.6 cm³/mol. The first-order valence-electron chi connectivity index (χ1n) is 7.13. The lowest BCUT2D eigenvalue weighted by Gasteiger charge is -2.42. The molecule has 0 aromatic rings. The Morgan fingerprint density at radius 2 is 1.69 bits per heavy atom. The fourth-order valence-corrected chi connectivity index (χ4v) is 3.56. The second-order valence-electron chi connectivity index (χ2n) is 6.08. The molecule has 3 atom stereocenters. The van der Waals surface area contributed by atoms with Crippen LogP contribution < -0.4 is 5.32 Å². The third kappa shape index (κ3) is 2.43. The third-order valence-electron chi connectivity index (χ3n) is 4.77. The van der Waals surface area contributed by atoms with Crippen LogP contribution in [0.2, 0.25) is 0 Å². The Morgan fingerprint density at radius 1 is 1.12 bits per heavy atom. The molecule has 2 fully saturated rings. The van der Waals surface area contributed by atoms with Gasteiger partial charge < -0.3 is 5.32 Å². The summed E-state index contributed by atoms with van der Waals surface area (Å²) in [6, 6.07) is 3.20. The van der Waals surface area contributed by atoms with Crippen molar-refractivity contribution in [3.05, 3.63) is 0 Å². The molecular weight excluding hydrogens is 196 g/mol. The van der Waals surface area contributed by atoms with E-state index >= 15 is 0 Å². The second kappa shape index (κ2) is 5.05. The topological polar surface area (TPSA) is 15.3 Å². The second-order valence-corrected chi connectivity index (χ2v) is 6.08. The minimum absolute atomic E-state index is 0.729. The standard InChI is InChI=1S/C14H28N2/c1-5-16(11(4)10(2)3)14-8-12-6-7-13(9-14)15-12/h10-15H,5-9H2,1-4H3. The van der Waals surface area contributed by atoms with E-state index in [1.807, 2.05) is 0 Å². The van der Waals surface area contributed by atoms with Crippen molar-refractivity contribution in [3.63, 3.8) is 0 Å². The first-order chi connectivity index (χ1) is 7.61. The van der Waals surface area contributed by atoms with Gasteiger partial charge in [-0.2, -0.15) is 0 Å². The number of hydrogen-bond acceptors (Lipinski definition) is 2. The van der Waals surface area contributed by atoms with Crippen LogP contribution in [0.3, 0.4) is 0 Å². The molecule has 2 aliphatic heterocycles. The van der Waals surface area contributed by atoms with Gasteiger partial charge >= 0.3 is 0 Å². The number of fused-ring (bicyclic) bond motifs is 2. The molecule has 16 heavy (non-hydrogen) atoms. The van der Waals surface area contributed by atoms with Crippen molar-refractivity contribution in [2.75, 3.05) is 6.54 Å². The van der Waals surface area contributed by atoms with Gasteiger partial charge in [-0.3, -0.25) is 4.90 Å². The number of rotatable bonds is 4. The summed E-state index contributed by atoms with van der Waals surface area (Å²) in [6.45, 7) is 10.6. The Hall–Kier alpha value is -0.0800. The van der Waals surface area contributed by atoms with Crippen molar-refractivity contribution < 1.29 is 0 Å². The van der Waals surface area contributed by atoms with E-state index in [0.29, 0.717) is 0 Å². The number of piperidine rings is 1. The summed E-state index contributed by atoms with van der Waals surface area (Å²) < 4.78 is 0. The van der Waals surface area contributed by atoms with Gasteiger partial charge in [0.05, 0.1) is 0 Å². The number of hydrogen-bond donors (Lipinski definition) is 1. The lowest BCUT2D eigenvalue weighted by atomic mass is 9.94. The number of nitrogens with one attached hydrogen (secondary N) is 1. The molecule has 94 valence electrons. The van der Waals surface area contributed by atoms with Crippen LogP contribution in [-0.2, 0) is 0 Å². The molecule has 1 N–H and O–H groups in total. The van der Waals surface area contributed by atoms with Crippen LogP contribution in [0.25, 0.3) is 0 Å². The van der Waals surface area contributed by atoms with Gasteiger partial charge in [0, 0.05) is 24.2 Å². The molecule has 0 saturated carbocycles. The van der Waals surface area contributed by atoms with Crippen molar-refractivity contribution >= 4 is 0 Å². The fourth-order valence-electron chi connectivity index (χ4n) is 3.56. The lowest BCUT2D eigenvalue weighted by molar-refractivity contribution is 0.0848. The van der Waals surface area contributed by atoms with Crippen LogP contribution >= 0.6 is 0 Å². The maximum Gasteiger partial charge on any atom is 0.0128 e. The van der Waals surface area contributed by atoms with Gasteiger partial charge in [-0.1, -0.05) is 20.8 Å². The summed E-state index contributed by atoms with van der Waals surface area (Å²) in [7, 11) is 0. The first kappa shape index (κ1) is 12.4. The highest BCUT2D eigenvalue weighted by Crippen LogP contribution is 2.31. The molecule has 0 radical (unpaired) electrons. The summed E-state index contributed by atoms with van der Waals surface area (Å²) in [5.41, 5.74) is 0. The maximum absolute atomic E-state index is 3.74. The zero-order valence-corrected chi connectivity index (χ0v) is 11.4. The van der Waals surface area contributed by atoms with E-state index in [1.54, 1.807) is 0 Å². The minimum atomic E-state index is 0.729. The van der Waals surface area contributed by atoms with Crippen molar-refractivity contribution in [1.29, 1.82) is 0 Å². The highest BCUT2D eigenvalue weighted by Gasteiger charge is 2.37. The smallest absolute Gasteiger partial charge is 0.0128 e. The summed E-state index contributed by atoms with van der Waals surface area (Å²) in [5, 5.41) is 3.74. The Morgan fingerprint density at radius 3 is 2.12 bits per heavy atom. The third-order valence-corrected chi connectivity index (χ3v) is 4.77. The zero-order valence-electron chi connectivity index (χ0n) is 11.4. The van der Waals surface area contributed by atoms with E-state index in [9.17, 15) is 0 Å². The van der Waals surface area contributed by atoms with Crippen molar-refractivity contribution in [2.24, 2.45) is 5.92 Å². The number of nitrogens with zero attached hydrogens (tertiary/aromatic N) is 1. The quantitative estimate of drug-likeness (QED) is 0.790. The average molecular weight is 224 g/mol. The SMILES string of the molecule is CCN(C1CC2CCC(C1)N2)C(C)C(C)C. The summed E-state index contributed by atoms with van der Waals surface area (Å²) >= 11 is 0. The van der Waals surface area contributed by atoms with Gasteiger partial charge in [-0.05, 0) is 45.1 Å². The average Bonchev–Trinajstić information content (AvgIpc) is 2.59. The summed E-state index contributed by atoms with van der Waals surface area (Å²) in [6.07, 6.45) is 5.58. The molecule has 2 heterocycles. The largest absolute Gasteiger partial charge is 0.311 e. The molecule has 2 heteroatoms. The molecule has 2 bridgehead atoms. The molecule has 0 amide bonds. The van der Waals surface area contributed by atoms with Crippen LogP contribution in [-0.4, -0.2) is 35.6 Å². The van der Waals surface area contributed by atoms with Crippen LogP contribution in [0.5, 0.6) is 0 Å². The molecular formula is C14H28N2. The van der Waals surface area contributed by atoms with Crippen LogP contribution in [0.1, 0.15) is 53.4 Å². The molecule has 2 nitrogen and oxygen atoms in total. The molecule has 3 unspecified atom stereocenters. The monoisotopic (exact) mass is 224 g/mol. The highest BCUT2D eigenvalue weighted by molar-refractivity contribution is 4.96. The zero-order chi connectivity index (χ0) is 11.7. The van der Waals surface area contributed by atoms with Crippen LogP contribution in [0, 0.1) is 5.92 Å². The van der Waals surface area contributed by atoms with Crippen molar-refractivity contribution in [1.82, 2.24) is 10.2 Å². The van der Waals surface area contributed by atoms with E-state index in [4.69, 9.17) is 0 Å². The molecule has 2 saturated heterocycles. The van der Waals surface area contributed by atoms with Gasteiger partial charge in [0.2, 0.25) is 0 Å². The highest BCUT2D eigenvalue weighted by atomic mass is 15.2. The lowest BCUT2D eigenvalue weighted by Crippen LogP contribution is -2.52. The maximum atomic E-state index is 3.74. The fraction of sp³-hybridized carbons (Fsp3) is 1.00. The van der Waals surface area contributed by atoms with Gasteiger partial charge in [-0.25, -0.2) is 0 Å². The van der Waals surface area contributed by atoms with Crippen LogP contribution in [0.4, 0.5) is 0 Å². The minimum Gasteiger partial charge on any atom is -0.311 e. The normalized spacial score (nSPS) is 36.0. The van der Waals surface area contributed by atoms with Crippen LogP contribution in [0.15, 0.2) is 0 Å². The summed E-state index contributed by atoms with van der Waals surface area (Å²) in [4.78, 5) is 2.75. The van der Waals surface area contributed by atoms with E-state index in [2.05, 4.69) is 37.9 Å². The first-order valence-corrected chi connectivity index (χ1v) is 7.13. The molecule has 0 aromatic heterocycles. The molecule has 0 aliphatic carbocycles. The molecule has 2 aliphatic rings. The van der Waals surface area contributed by atoms with E-state index in [1.165, 1.54) is 32.2 Å². The van der Waals surface area contributed by atoms with Crippen molar-refractivity contribution in [3.8, 4) is 0 Å². The predicted octanol–water partition coefficient (Wildman–Crippen LogP) is 2.64. The summed E-state index contributed by atoms with van der Waals surface area (Å²) in [5.74, 6) is 0.771. The van der Waals surface area contributed by atoms with Gasteiger partial charge in [-0.15, -0.1) is 0 Å². The van der Waals surface area contributed by atoms with E-state index in [-0.39, 0.29) is 0 Å². The van der Waals surface area contributed by atoms with E-state index < -0.39 is 0 Å². The van der Waals surface area contributed by atoms with Gasteiger partial charge in [0.25, 0.3) is 0 Å². The molecule has 0 spiro atoms.